The summed E-state index contributed by atoms with van der Waals surface area (Å²) in [6.45, 7) is 4.27. The normalized spacial score (nSPS) is 23.4. The first-order valence-electron chi connectivity index (χ1n) is 13.0. The van der Waals surface area contributed by atoms with Crippen LogP contribution < -0.4 is 4.74 Å². The van der Waals surface area contributed by atoms with Crippen molar-refractivity contribution in [3.8, 4) is 11.4 Å². The van der Waals surface area contributed by atoms with E-state index in [0.717, 1.165) is 27.4 Å². The smallest absolute Gasteiger partial charge is 0.406 e. The number of alkyl halides is 3. The van der Waals surface area contributed by atoms with Gasteiger partial charge in [0.25, 0.3) is 6.29 Å². The van der Waals surface area contributed by atoms with Crippen molar-refractivity contribution in [2.45, 2.75) is 50.9 Å². The maximum Gasteiger partial charge on any atom is 0.573 e. The Morgan fingerprint density at radius 2 is 1.76 bits per heavy atom. The Labute approximate surface area is 234 Å². The van der Waals surface area contributed by atoms with E-state index >= 15 is 0 Å². The minimum absolute atomic E-state index is 0.287. The average Bonchev–Trinajstić information content (AvgIpc) is 3.37. The van der Waals surface area contributed by atoms with Gasteiger partial charge in [0.15, 0.2) is 6.10 Å². The Bertz CT molecular complexity index is 1510. The second-order valence-corrected chi connectivity index (χ2v) is 9.44. The molecule has 1 aliphatic rings. The van der Waals surface area contributed by atoms with Crippen LogP contribution >= 0.6 is 0 Å². The molecule has 0 unspecified atom stereocenters. The molecular formula is C29H30F3N3O6. The van der Waals surface area contributed by atoms with Crippen LogP contribution in [0.3, 0.4) is 0 Å². The maximum atomic E-state index is 12.5. The van der Waals surface area contributed by atoms with Gasteiger partial charge in [-0.05, 0) is 61.2 Å². The highest BCUT2D eigenvalue weighted by molar-refractivity contribution is 6.06. The highest BCUT2D eigenvalue weighted by atomic mass is 19.4. The molecule has 1 fully saturated rings. The summed E-state index contributed by atoms with van der Waals surface area (Å²) in [6.07, 6.45) is -3.83. The van der Waals surface area contributed by atoms with Crippen LogP contribution in [-0.4, -0.2) is 73.7 Å². The van der Waals surface area contributed by atoms with Gasteiger partial charge in [0, 0.05) is 31.9 Å². The number of benzene rings is 3. The van der Waals surface area contributed by atoms with Crippen LogP contribution in [0.2, 0.25) is 0 Å². The molecule has 41 heavy (non-hydrogen) atoms. The van der Waals surface area contributed by atoms with Crippen molar-refractivity contribution in [1.29, 1.82) is 0 Å². The van der Waals surface area contributed by atoms with Crippen molar-refractivity contribution in [3.05, 3.63) is 66.5 Å². The van der Waals surface area contributed by atoms with E-state index in [-0.39, 0.29) is 24.1 Å². The van der Waals surface area contributed by atoms with Gasteiger partial charge in [0.1, 0.15) is 24.3 Å². The molecule has 1 aromatic heterocycles. The number of nitrogens with zero attached hydrogens (tertiary/aromatic N) is 3. The second kappa shape index (κ2) is 12.0. The number of methoxy groups -OCH3 is 2. The number of ether oxygens (including phenoxy) is 5. The molecule has 0 N–H and O–H groups in total. The lowest BCUT2D eigenvalue weighted by atomic mass is 9.99. The van der Waals surface area contributed by atoms with Gasteiger partial charge in [-0.1, -0.05) is 23.4 Å². The molecule has 5 atom stereocenters. The third kappa shape index (κ3) is 6.15. The van der Waals surface area contributed by atoms with Gasteiger partial charge in [-0.3, -0.25) is 4.57 Å². The van der Waals surface area contributed by atoms with E-state index in [9.17, 15) is 13.2 Å². The summed E-state index contributed by atoms with van der Waals surface area (Å²) in [5.74, 6) is -0.287. The quantitative estimate of drug-likeness (QED) is 0.190. The highest BCUT2D eigenvalue weighted by Gasteiger charge is 2.47. The number of imidazole rings is 1. The van der Waals surface area contributed by atoms with Gasteiger partial charge in [-0.2, -0.15) is 0 Å². The SMILES string of the molecule is CCO[C@@H]1[C@@H](OC)[C@H](C)O[C@@H](ON=Cc2ccc3c(ccc4c3ncn4-c3ccc(OC(F)(F)F)cc3)c2)[C@@H]1OC. The predicted octanol–water partition coefficient (Wildman–Crippen LogP) is 5.61. The van der Waals surface area contributed by atoms with E-state index in [0.29, 0.717) is 12.3 Å². The molecule has 0 aliphatic carbocycles. The zero-order valence-corrected chi connectivity index (χ0v) is 22.9. The van der Waals surface area contributed by atoms with E-state index in [1.165, 1.54) is 12.1 Å². The number of hydrogen-bond donors (Lipinski definition) is 0. The molecule has 1 saturated heterocycles. The molecule has 218 valence electrons. The van der Waals surface area contributed by atoms with Gasteiger partial charge in [0.05, 0.1) is 23.4 Å². The van der Waals surface area contributed by atoms with E-state index < -0.39 is 18.8 Å². The van der Waals surface area contributed by atoms with Gasteiger partial charge in [-0.15, -0.1) is 13.2 Å². The molecule has 2 heterocycles. The van der Waals surface area contributed by atoms with Crippen LogP contribution in [0.1, 0.15) is 19.4 Å². The van der Waals surface area contributed by atoms with Crippen LogP contribution in [-0.2, 0) is 23.8 Å². The van der Waals surface area contributed by atoms with Crippen LogP contribution in [0, 0.1) is 0 Å². The van der Waals surface area contributed by atoms with Crippen molar-refractivity contribution in [3.63, 3.8) is 0 Å². The summed E-state index contributed by atoms with van der Waals surface area (Å²) in [5.41, 5.74) is 3.00. The molecule has 0 radical (unpaired) electrons. The molecule has 12 heteroatoms. The van der Waals surface area contributed by atoms with Crippen molar-refractivity contribution in [2.24, 2.45) is 5.16 Å². The molecule has 0 bridgehead atoms. The van der Waals surface area contributed by atoms with Crippen LogP contribution in [0.5, 0.6) is 5.75 Å². The van der Waals surface area contributed by atoms with E-state index in [2.05, 4.69) is 14.9 Å². The topological polar surface area (TPSA) is 85.6 Å². The van der Waals surface area contributed by atoms with Gasteiger partial charge >= 0.3 is 6.36 Å². The molecule has 4 aromatic rings. The van der Waals surface area contributed by atoms with Crippen molar-refractivity contribution in [1.82, 2.24) is 9.55 Å². The number of aromatic nitrogens is 2. The number of rotatable bonds is 9. The Balaban J connectivity index is 1.33. The maximum absolute atomic E-state index is 12.5. The molecule has 0 saturated carbocycles. The van der Waals surface area contributed by atoms with Crippen molar-refractivity contribution >= 4 is 28.0 Å². The zero-order chi connectivity index (χ0) is 29.1. The summed E-state index contributed by atoms with van der Waals surface area (Å²) >= 11 is 0. The molecule has 0 amide bonds. The first-order chi connectivity index (χ1) is 19.7. The lowest BCUT2D eigenvalue weighted by molar-refractivity contribution is -0.308. The molecule has 9 nitrogen and oxygen atoms in total. The lowest BCUT2D eigenvalue weighted by Gasteiger charge is -2.42. The molecule has 3 aromatic carbocycles. The predicted molar refractivity (Wildman–Crippen MR) is 145 cm³/mol. The monoisotopic (exact) mass is 573 g/mol. The minimum atomic E-state index is -4.74. The summed E-state index contributed by atoms with van der Waals surface area (Å²) in [6, 6.07) is 15.2. The highest BCUT2D eigenvalue weighted by Crippen LogP contribution is 2.30. The van der Waals surface area contributed by atoms with Crippen LogP contribution in [0.25, 0.3) is 27.5 Å². The van der Waals surface area contributed by atoms with E-state index in [1.807, 2.05) is 44.2 Å². The second-order valence-electron chi connectivity index (χ2n) is 9.44. The summed E-state index contributed by atoms with van der Waals surface area (Å²) in [7, 11) is 3.17. The average molecular weight is 574 g/mol. The first-order valence-corrected chi connectivity index (χ1v) is 13.0. The number of oxime groups is 1. The number of fused-ring (bicyclic) bond motifs is 3. The molecule has 5 rings (SSSR count). The summed E-state index contributed by atoms with van der Waals surface area (Å²) in [4.78, 5) is 10.3. The van der Waals surface area contributed by atoms with Crippen molar-refractivity contribution < 1.29 is 41.7 Å². The van der Waals surface area contributed by atoms with Crippen LogP contribution in [0.15, 0.2) is 66.1 Å². The third-order valence-electron chi connectivity index (χ3n) is 6.90. The molecule has 1 aliphatic heterocycles. The summed E-state index contributed by atoms with van der Waals surface area (Å²) < 4.78 is 66.3. The molecular weight excluding hydrogens is 543 g/mol. The fourth-order valence-electron chi connectivity index (χ4n) is 5.09. The van der Waals surface area contributed by atoms with Crippen molar-refractivity contribution in [2.75, 3.05) is 20.8 Å². The Morgan fingerprint density at radius 1 is 1.00 bits per heavy atom. The van der Waals surface area contributed by atoms with Crippen LogP contribution in [0.4, 0.5) is 13.2 Å². The summed E-state index contributed by atoms with van der Waals surface area (Å²) in [5, 5.41) is 5.99. The lowest BCUT2D eigenvalue weighted by Crippen LogP contribution is -2.59. The zero-order valence-electron chi connectivity index (χ0n) is 22.9. The van der Waals surface area contributed by atoms with Gasteiger partial charge in [0.2, 0.25) is 0 Å². The number of halogens is 3. The first kappa shape index (κ1) is 28.8. The Kier molecular flexibility index (Phi) is 8.45. The van der Waals surface area contributed by atoms with E-state index in [4.69, 9.17) is 23.8 Å². The third-order valence-corrected chi connectivity index (χ3v) is 6.90. The Morgan fingerprint density at radius 3 is 2.44 bits per heavy atom. The standard InChI is InChI=1S/C29H30F3N3O6/c1-5-38-26-25(36-3)17(2)39-28(27(26)37-4)41-34-15-18-6-12-22-19(14-18)7-13-23-24(22)33-16-35(23)20-8-10-21(11-9-20)40-29(30,31)32/h6-17,25-28H,5H2,1-4H3/t17-,25-,26+,27+,28-/m0/s1. The minimum Gasteiger partial charge on any atom is -0.406 e. The molecule has 0 spiro atoms. The Hall–Kier alpha value is -3.71. The van der Waals surface area contributed by atoms with Gasteiger partial charge < -0.3 is 28.5 Å². The number of hydrogen-bond acceptors (Lipinski definition) is 8. The van der Waals surface area contributed by atoms with Gasteiger partial charge in [-0.25, -0.2) is 4.98 Å². The fraction of sp³-hybridized carbons (Fsp3) is 0.379. The fourth-order valence-corrected chi connectivity index (χ4v) is 5.09. The largest absolute Gasteiger partial charge is 0.573 e. The van der Waals surface area contributed by atoms with E-state index in [1.54, 1.807) is 43.5 Å².